The summed E-state index contributed by atoms with van der Waals surface area (Å²) in [5, 5.41) is 9.45. The first-order valence-electron chi connectivity index (χ1n) is 5.29. The van der Waals surface area contributed by atoms with Gasteiger partial charge in [-0.1, -0.05) is 49.4 Å². The number of aliphatic hydroxyl groups is 1. The number of hydrogen-bond donors (Lipinski definition) is 1. The maximum atomic E-state index is 9.45. The van der Waals surface area contributed by atoms with Crippen LogP contribution in [0.5, 0.6) is 0 Å². The fourth-order valence-electron chi connectivity index (χ4n) is 1.22. The van der Waals surface area contributed by atoms with Gasteiger partial charge >= 0.3 is 0 Å². The lowest BCUT2D eigenvalue weighted by atomic mass is 10.2. The summed E-state index contributed by atoms with van der Waals surface area (Å²) in [4.78, 5) is 0. The van der Waals surface area contributed by atoms with Gasteiger partial charge in [-0.2, -0.15) is 0 Å². The number of hydrogen-bond acceptors (Lipinski definition) is 2. The predicted molar refractivity (Wildman–Crippen MR) is 61.5 cm³/mol. The van der Waals surface area contributed by atoms with Crippen LogP contribution in [-0.4, -0.2) is 17.8 Å². The highest BCUT2D eigenvalue weighted by molar-refractivity contribution is 5.13. The molecule has 0 aliphatic carbocycles. The van der Waals surface area contributed by atoms with Gasteiger partial charge in [-0.05, 0) is 12.0 Å². The van der Waals surface area contributed by atoms with E-state index >= 15 is 0 Å². The van der Waals surface area contributed by atoms with E-state index < -0.39 is 6.10 Å². The Kier molecular flexibility index (Phi) is 5.74. The second-order valence-corrected chi connectivity index (χ2v) is 3.40. The van der Waals surface area contributed by atoms with E-state index in [1.165, 1.54) is 0 Å². The molecule has 1 atom stereocenters. The summed E-state index contributed by atoms with van der Waals surface area (Å²) in [6.07, 6.45) is 4.16. The zero-order valence-corrected chi connectivity index (χ0v) is 9.10. The Bertz CT molecular complexity index is 280. The number of aliphatic hydroxyl groups excluding tert-OH is 1. The van der Waals surface area contributed by atoms with Gasteiger partial charge < -0.3 is 9.84 Å². The molecule has 0 unspecified atom stereocenters. The van der Waals surface area contributed by atoms with Crippen LogP contribution < -0.4 is 0 Å². The first-order chi connectivity index (χ1) is 7.33. The minimum absolute atomic E-state index is 0.353. The summed E-state index contributed by atoms with van der Waals surface area (Å²) in [5.41, 5.74) is 1.13. The zero-order chi connectivity index (χ0) is 10.9. The Balaban J connectivity index is 2.19. The zero-order valence-electron chi connectivity index (χ0n) is 9.10. The molecule has 0 amide bonds. The molecule has 0 fully saturated rings. The van der Waals surface area contributed by atoms with Gasteiger partial charge in [-0.15, -0.1) is 0 Å². The molecule has 0 aromatic heterocycles. The van der Waals surface area contributed by atoms with Crippen LogP contribution in [0.25, 0.3) is 0 Å². The van der Waals surface area contributed by atoms with E-state index in [-0.39, 0.29) is 0 Å². The van der Waals surface area contributed by atoms with Crippen LogP contribution in [0, 0.1) is 0 Å². The molecule has 1 N–H and O–H groups in total. The molecule has 2 heteroatoms. The van der Waals surface area contributed by atoms with Crippen LogP contribution in [0.2, 0.25) is 0 Å². The van der Waals surface area contributed by atoms with Crippen LogP contribution in [0.15, 0.2) is 42.5 Å². The molecule has 0 heterocycles. The Morgan fingerprint density at radius 1 is 1.33 bits per heavy atom. The van der Waals surface area contributed by atoms with Gasteiger partial charge in [0.1, 0.15) is 0 Å². The van der Waals surface area contributed by atoms with Gasteiger partial charge in [0.2, 0.25) is 0 Å². The molecule has 0 bridgehead atoms. The lowest BCUT2D eigenvalue weighted by Gasteiger charge is -2.07. The minimum Gasteiger partial charge on any atom is -0.387 e. The minimum atomic E-state index is -0.492. The van der Waals surface area contributed by atoms with Gasteiger partial charge in [-0.3, -0.25) is 0 Å². The molecular weight excluding hydrogens is 188 g/mol. The van der Waals surface area contributed by atoms with Crippen molar-refractivity contribution in [1.29, 1.82) is 0 Å². The molecular formula is C13H18O2. The van der Waals surface area contributed by atoms with Crippen LogP contribution in [-0.2, 0) is 11.3 Å². The summed E-state index contributed by atoms with van der Waals surface area (Å²) < 4.78 is 5.38. The van der Waals surface area contributed by atoms with E-state index in [0.717, 1.165) is 12.0 Å². The van der Waals surface area contributed by atoms with Gasteiger partial charge in [0, 0.05) is 0 Å². The van der Waals surface area contributed by atoms with Crippen molar-refractivity contribution in [3.63, 3.8) is 0 Å². The SMILES string of the molecule is CC/C=C/[C@@H](O)COCc1ccccc1. The van der Waals surface area contributed by atoms with E-state index in [1.807, 2.05) is 43.3 Å². The Labute approximate surface area is 91.2 Å². The van der Waals surface area contributed by atoms with Gasteiger partial charge in [0.05, 0.1) is 19.3 Å². The topological polar surface area (TPSA) is 29.5 Å². The van der Waals surface area contributed by atoms with E-state index in [2.05, 4.69) is 0 Å². The van der Waals surface area contributed by atoms with Crippen molar-refractivity contribution >= 4 is 0 Å². The average molecular weight is 206 g/mol. The Morgan fingerprint density at radius 3 is 2.73 bits per heavy atom. The number of benzene rings is 1. The van der Waals surface area contributed by atoms with Crippen molar-refractivity contribution in [3.8, 4) is 0 Å². The molecule has 2 nitrogen and oxygen atoms in total. The van der Waals surface area contributed by atoms with E-state index in [4.69, 9.17) is 4.74 Å². The summed E-state index contributed by atoms with van der Waals surface area (Å²) in [5.74, 6) is 0. The molecule has 1 aromatic rings. The van der Waals surface area contributed by atoms with Crippen LogP contribution in [0.4, 0.5) is 0 Å². The first kappa shape index (κ1) is 12.0. The number of rotatable bonds is 6. The molecule has 0 spiro atoms. The quantitative estimate of drug-likeness (QED) is 0.725. The van der Waals surface area contributed by atoms with Gasteiger partial charge in [0.25, 0.3) is 0 Å². The Hall–Kier alpha value is -1.12. The summed E-state index contributed by atoms with van der Waals surface area (Å²) >= 11 is 0. The molecule has 1 aromatic carbocycles. The second-order valence-electron chi connectivity index (χ2n) is 3.40. The maximum absolute atomic E-state index is 9.45. The summed E-state index contributed by atoms with van der Waals surface area (Å²) in [7, 11) is 0. The molecule has 82 valence electrons. The summed E-state index contributed by atoms with van der Waals surface area (Å²) in [6, 6.07) is 9.95. The van der Waals surface area contributed by atoms with Crippen LogP contribution >= 0.6 is 0 Å². The van der Waals surface area contributed by atoms with Crippen molar-refractivity contribution in [2.45, 2.75) is 26.1 Å². The predicted octanol–water partition coefficient (Wildman–Crippen LogP) is 2.53. The standard InChI is InChI=1S/C13H18O2/c1-2-3-9-13(14)11-15-10-12-7-5-4-6-8-12/h3-9,13-14H,2,10-11H2,1H3/b9-3+/t13-/m1/s1. The average Bonchev–Trinajstić information content (AvgIpc) is 2.28. The third-order valence-corrected chi connectivity index (χ3v) is 1.99. The molecule has 0 radical (unpaired) electrons. The molecule has 0 saturated heterocycles. The van der Waals surface area contributed by atoms with Crippen molar-refractivity contribution < 1.29 is 9.84 Å². The van der Waals surface area contributed by atoms with Crippen molar-refractivity contribution in [3.05, 3.63) is 48.0 Å². The van der Waals surface area contributed by atoms with Crippen molar-refractivity contribution in [2.75, 3.05) is 6.61 Å². The highest BCUT2D eigenvalue weighted by atomic mass is 16.5. The van der Waals surface area contributed by atoms with E-state index in [0.29, 0.717) is 13.2 Å². The van der Waals surface area contributed by atoms with E-state index in [1.54, 1.807) is 6.08 Å². The molecule has 1 rings (SSSR count). The van der Waals surface area contributed by atoms with Crippen LogP contribution in [0.1, 0.15) is 18.9 Å². The smallest absolute Gasteiger partial charge is 0.0954 e. The third-order valence-electron chi connectivity index (χ3n) is 1.99. The molecule has 15 heavy (non-hydrogen) atoms. The largest absolute Gasteiger partial charge is 0.387 e. The number of ether oxygens (including phenoxy) is 1. The van der Waals surface area contributed by atoms with Crippen molar-refractivity contribution in [2.24, 2.45) is 0 Å². The summed E-state index contributed by atoms with van der Waals surface area (Å²) in [6.45, 7) is 2.94. The monoisotopic (exact) mass is 206 g/mol. The normalized spacial score (nSPS) is 13.2. The maximum Gasteiger partial charge on any atom is 0.0954 e. The molecule has 0 saturated carbocycles. The first-order valence-corrected chi connectivity index (χ1v) is 5.29. The highest BCUT2D eigenvalue weighted by Gasteiger charge is 1.98. The number of allylic oxidation sites excluding steroid dienone is 1. The highest BCUT2D eigenvalue weighted by Crippen LogP contribution is 2.01. The second kappa shape index (κ2) is 7.21. The van der Waals surface area contributed by atoms with E-state index in [9.17, 15) is 5.11 Å². The van der Waals surface area contributed by atoms with Gasteiger partial charge in [-0.25, -0.2) is 0 Å². The lowest BCUT2D eigenvalue weighted by molar-refractivity contribution is 0.0503. The lowest BCUT2D eigenvalue weighted by Crippen LogP contribution is -2.11. The third kappa shape index (κ3) is 5.35. The Morgan fingerprint density at radius 2 is 2.07 bits per heavy atom. The fraction of sp³-hybridized carbons (Fsp3) is 0.385. The molecule has 0 aliphatic rings. The van der Waals surface area contributed by atoms with Crippen LogP contribution in [0.3, 0.4) is 0 Å². The van der Waals surface area contributed by atoms with Gasteiger partial charge in [0.15, 0.2) is 0 Å². The molecule has 0 aliphatic heterocycles. The van der Waals surface area contributed by atoms with Crippen molar-refractivity contribution in [1.82, 2.24) is 0 Å². The fourth-order valence-corrected chi connectivity index (χ4v) is 1.22.